The van der Waals surface area contributed by atoms with Crippen molar-refractivity contribution in [3.63, 3.8) is 0 Å². The van der Waals surface area contributed by atoms with Crippen LogP contribution < -0.4 is 18.9 Å². The number of ether oxygens (including phenoxy) is 3. The van der Waals surface area contributed by atoms with Gasteiger partial charge in [-0.15, -0.1) is 0 Å². The standard InChI is InChI=1S/C18H17BrN2O6S/c1-24-13-8-7-11(19)9-12(13)16-10-17(20-27-16)21-28(22,23)18-14(25-2)5-4-6-15(18)26-3/h4-10H,1-3H3,(H,20,21). The second-order valence-corrected chi connectivity index (χ2v) is 8.05. The predicted octanol–water partition coefficient (Wildman–Crippen LogP) is 3.93. The second kappa shape index (κ2) is 8.11. The summed E-state index contributed by atoms with van der Waals surface area (Å²) >= 11 is 3.38. The number of methoxy groups -OCH3 is 3. The number of aromatic nitrogens is 1. The molecule has 8 nitrogen and oxygen atoms in total. The highest BCUT2D eigenvalue weighted by molar-refractivity contribution is 9.10. The molecule has 0 spiro atoms. The van der Waals surface area contributed by atoms with Crippen molar-refractivity contribution in [3.05, 3.63) is 46.9 Å². The zero-order valence-electron chi connectivity index (χ0n) is 15.2. The molecule has 0 radical (unpaired) electrons. The number of hydrogen-bond acceptors (Lipinski definition) is 7. The van der Waals surface area contributed by atoms with Crippen LogP contribution in [0.15, 0.2) is 56.4 Å². The van der Waals surface area contributed by atoms with Crippen molar-refractivity contribution in [2.45, 2.75) is 4.90 Å². The van der Waals surface area contributed by atoms with Gasteiger partial charge in [-0.2, -0.15) is 0 Å². The molecule has 1 aromatic heterocycles. The van der Waals surface area contributed by atoms with Crippen LogP contribution in [0.3, 0.4) is 0 Å². The van der Waals surface area contributed by atoms with Gasteiger partial charge < -0.3 is 18.7 Å². The molecule has 0 aliphatic heterocycles. The molecule has 1 heterocycles. The van der Waals surface area contributed by atoms with Gasteiger partial charge in [-0.1, -0.05) is 27.2 Å². The van der Waals surface area contributed by atoms with Crippen LogP contribution in [0.4, 0.5) is 5.82 Å². The first kappa shape index (κ1) is 20.0. The van der Waals surface area contributed by atoms with E-state index in [1.54, 1.807) is 18.2 Å². The van der Waals surface area contributed by atoms with E-state index in [1.807, 2.05) is 6.07 Å². The largest absolute Gasteiger partial charge is 0.496 e. The molecule has 0 saturated heterocycles. The molecule has 0 saturated carbocycles. The summed E-state index contributed by atoms with van der Waals surface area (Å²) in [6.45, 7) is 0. The molecule has 0 unspecified atom stereocenters. The van der Waals surface area contributed by atoms with Crippen molar-refractivity contribution >= 4 is 31.8 Å². The molecule has 2 aromatic carbocycles. The average Bonchev–Trinajstić information content (AvgIpc) is 3.14. The van der Waals surface area contributed by atoms with Gasteiger partial charge in [-0.25, -0.2) is 8.42 Å². The maximum atomic E-state index is 12.9. The third kappa shape index (κ3) is 3.92. The van der Waals surface area contributed by atoms with Crippen LogP contribution in [-0.4, -0.2) is 34.9 Å². The van der Waals surface area contributed by atoms with Crippen molar-refractivity contribution < 1.29 is 27.2 Å². The van der Waals surface area contributed by atoms with Crippen LogP contribution in [0.2, 0.25) is 0 Å². The molecule has 0 aliphatic rings. The Morgan fingerprint density at radius 1 is 0.964 bits per heavy atom. The highest BCUT2D eigenvalue weighted by Crippen LogP contribution is 2.36. The van der Waals surface area contributed by atoms with E-state index in [-0.39, 0.29) is 22.2 Å². The first-order valence-electron chi connectivity index (χ1n) is 7.94. The summed E-state index contributed by atoms with van der Waals surface area (Å²) < 4.78 is 49.9. The van der Waals surface area contributed by atoms with E-state index in [0.717, 1.165) is 4.47 Å². The first-order valence-corrected chi connectivity index (χ1v) is 10.2. The van der Waals surface area contributed by atoms with E-state index in [0.29, 0.717) is 17.1 Å². The lowest BCUT2D eigenvalue weighted by Gasteiger charge is -2.13. The zero-order chi connectivity index (χ0) is 20.3. The summed E-state index contributed by atoms with van der Waals surface area (Å²) in [5, 5.41) is 3.80. The Morgan fingerprint density at radius 2 is 1.61 bits per heavy atom. The number of halogens is 1. The van der Waals surface area contributed by atoms with Crippen LogP contribution >= 0.6 is 15.9 Å². The van der Waals surface area contributed by atoms with Crippen molar-refractivity contribution in [2.24, 2.45) is 0 Å². The van der Waals surface area contributed by atoms with Crippen LogP contribution in [0.5, 0.6) is 17.2 Å². The highest BCUT2D eigenvalue weighted by atomic mass is 79.9. The lowest BCUT2D eigenvalue weighted by atomic mass is 10.1. The van der Waals surface area contributed by atoms with Crippen molar-refractivity contribution in [1.82, 2.24) is 5.16 Å². The number of anilines is 1. The average molecular weight is 469 g/mol. The molecule has 3 rings (SSSR count). The van der Waals surface area contributed by atoms with Crippen LogP contribution in [0, 0.1) is 0 Å². The zero-order valence-corrected chi connectivity index (χ0v) is 17.6. The van der Waals surface area contributed by atoms with E-state index in [9.17, 15) is 8.42 Å². The number of nitrogens with one attached hydrogen (secondary N) is 1. The molecule has 0 aliphatic carbocycles. The quantitative estimate of drug-likeness (QED) is 0.560. The van der Waals surface area contributed by atoms with Crippen molar-refractivity contribution in [2.75, 3.05) is 26.1 Å². The number of hydrogen-bond donors (Lipinski definition) is 1. The molecule has 0 fully saturated rings. The number of benzene rings is 2. The van der Waals surface area contributed by atoms with Gasteiger partial charge in [0.15, 0.2) is 16.5 Å². The van der Waals surface area contributed by atoms with Gasteiger partial charge in [0.25, 0.3) is 10.0 Å². The summed E-state index contributed by atoms with van der Waals surface area (Å²) in [6, 6.07) is 11.5. The summed E-state index contributed by atoms with van der Waals surface area (Å²) in [5.41, 5.74) is 0.615. The lowest BCUT2D eigenvalue weighted by molar-refractivity contribution is 0.373. The van der Waals surface area contributed by atoms with Gasteiger partial charge in [-0.05, 0) is 30.3 Å². The van der Waals surface area contributed by atoms with E-state index in [1.165, 1.54) is 39.5 Å². The monoisotopic (exact) mass is 468 g/mol. The summed E-state index contributed by atoms with van der Waals surface area (Å²) in [5.74, 6) is 1.18. The Balaban J connectivity index is 1.98. The molecule has 10 heteroatoms. The Bertz CT molecular complexity index is 1070. The predicted molar refractivity (Wildman–Crippen MR) is 107 cm³/mol. The van der Waals surface area contributed by atoms with Gasteiger partial charge in [-0.3, -0.25) is 4.72 Å². The topological polar surface area (TPSA) is 99.9 Å². The minimum atomic E-state index is -4.05. The number of nitrogens with zero attached hydrogens (tertiary/aromatic N) is 1. The molecule has 0 amide bonds. The maximum Gasteiger partial charge on any atom is 0.270 e. The van der Waals surface area contributed by atoms with Crippen LogP contribution in [0.1, 0.15) is 0 Å². The molecule has 0 bridgehead atoms. The SMILES string of the molecule is COc1ccc(Br)cc1-c1cc(NS(=O)(=O)c2c(OC)cccc2OC)no1. The van der Waals surface area contributed by atoms with Gasteiger partial charge in [0.1, 0.15) is 17.2 Å². The molecule has 28 heavy (non-hydrogen) atoms. The third-order valence-electron chi connectivity index (χ3n) is 3.83. The Kier molecular flexibility index (Phi) is 5.80. The van der Waals surface area contributed by atoms with Gasteiger partial charge in [0.05, 0.1) is 26.9 Å². The Hall–Kier alpha value is -2.72. The molecule has 0 atom stereocenters. The second-order valence-electron chi connectivity index (χ2n) is 5.52. The van der Waals surface area contributed by atoms with Gasteiger partial charge in [0.2, 0.25) is 0 Å². The van der Waals surface area contributed by atoms with E-state index in [2.05, 4.69) is 25.8 Å². The summed E-state index contributed by atoms with van der Waals surface area (Å²) in [4.78, 5) is -0.135. The van der Waals surface area contributed by atoms with Gasteiger partial charge >= 0.3 is 0 Å². The minimum absolute atomic E-state index is 0.00462. The lowest BCUT2D eigenvalue weighted by Crippen LogP contribution is -2.15. The van der Waals surface area contributed by atoms with Crippen LogP contribution in [0.25, 0.3) is 11.3 Å². The van der Waals surface area contributed by atoms with Crippen molar-refractivity contribution in [3.8, 4) is 28.6 Å². The molecular formula is C18H17BrN2O6S. The smallest absolute Gasteiger partial charge is 0.270 e. The molecular weight excluding hydrogens is 452 g/mol. The fraction of sp³-hybridized carbons (Fsp3) is 0.167. The highest BCUT2D eigenvalue weighted by Gasteiger charge is 2.26. The molecule has 148 valence electrons. The molecule has 1 N–H and O–H groups in total. The van der Waals surface area contributed by atoms with Crippen molar-refractivity contribution in [1.29, 1.82) is 0 Å². The molecule has 3 aromatic rings. The van der Waals surface area contributed by atoms with E-state index < -0.39 is 10.0 Å². The number of sulfonamides is 1. The maximum absolute atomic E-state index is 12.9. The first-order chi connectivity index (χ1) is 13.4. The third-order valence-corrected chi connectivity index (χ3v) is 5.74. The van der Waals surface area contributed by atoms with Crippen LogP contribution in [-0.2, 0) is 10.0 Å². The minimum Gasteiger partial charge on any atom is -0.496 e. The summed E-state index contributed by atoms with van der Waals surface area (Å²) in [7, 11) is 0.227. The fourth-order valence-electron chi connectivity index (χ4n) is 2.59. The fourth-order valence-corrected chi connectivity index (χ4v) is 4.26. The van der Waals surface area contributed by atoms with Gasteiger partial charge in [0, 0.05) is 10.5 Å². The number of rotatable bonds is 7. The van der Waals surface area contributed by atoms with E-state index >= 15 is 0 Å². The van der Waals surface area contributed by atoms with E-state index in [4.69, 9.17) is 18.7 Å². The Morgan fingerprint density at radius 3 is 2.21 bits per heavy atom. The normalized spacial score (nSPS) is 11.1. The summed E-state index contributed by atoms with van der Waals surface area (Å²) in [6.07, 6.45) is 0. The Labute approximate surface area is 170 Å².